The Labute approximate surface area is 139 Å². The van der Waals surface area contributed by atoms with Crippen molar-refractivity contribution in [2.45, 2.75) is 78.3 Å². The van der Waals surface area contributed by atoms with E-state index in [-0.39, 0.29) is 0 Å². The zero-order chi connectivity index (χ0) is 16.8. The van der Waals surface area contributed by atoms with Gasteiger partial charge in [-0.15, -0.1) is 0 Å². The first-order valence-corrected chi connectivity index (χ1v) is 15.4. The molecule has 0 atom stereocenters. The second-order valence-corrected chi connectivity index (χ2v) is 16.7. The van der Waals surface area contributed by atoms with Crippen LogP contribution in [-0.4, -0.2) is 23.2 Å². The maximum Gasteiger partial charge on any atom is 0.272 e. The lowest BCUT2D eigenvalue weighted by Crippen LogP contribution is -2.29. The monoisotopic (exact) mass is 342 g/mol. The van der Waals surface area contributed by atoms with Crippen molar-refractivity contribution in [2.24, 2.45) is 0 Å². The van der Waals surface area contributed by atoms with E-state index in [1.54, 1.807) is 0 Å². The molecule has 1 rings (SSSR count). The van der Waals surface area contributed by atoms with Gasteiger partial charge in [-0.2, -0.15) is 0 Å². The minimum absolute atomic E-state index is 0.629. The molecule has 0 aromatic rings. The van der Waals surface area contributed by atoms with E-state index < -0.39 is 16.6 Å². The second kappa shape index (κ2) is 8.25. The molecule has 5 heteroatoms. The van der Waals surface area contributed by atoms with Gasteiger partial charge in [-0.1, -0.05) is 6.42 Å². The van der Waals surface area contributed by atoms with Crippen LogP contribution >= 0.6 is 0 Å². The second-order valence-electron chi connectivity index (χ2n) is 7.80. The normalized spacial score (nSPS) is 22.0. The SMILES string of the molecule is CCOC(O[Si](C)(C)C)=C1CCCCC/C=C\1O[Si](C)(C)C. The minimum atomic E-state index is -1.71. The van der Waals surface area contributed by atoms with Crippen LogP contribution in [0.2, 0.25) is 39.3 Å². The third kappa shape index (κ3) is 7.54. The van der Waals surface area contributed by atoms with E-state index in [1.807, 2.05) is 6.92 Å². The highest BCUT2D eigenvalue weighted by atomic mass is 28.4. The van der Waals surface area contributed by atoms with E-state index in [0.717, 1.165) is 24.2 Å². The molecule has 0 amide bonds. The van der Waals surface area contributed by atoms with Gasteiger partial charge in [0.25, 0.3) is 5.95 Å². The van der Waals surface area contributed by atoms with E-state index in [2.05, 4.69) is 45.4 Å². The molecule has 0 radical (unpaired) electrons. The quantitative estimate of drug-likeness (QED) is 0.452. The van der Waals surface area contributed by atoms with Crippen molar-refractivity contribution in [3.63, 3.8) is 0 Å². The van der Waals surface area contributed by atoms with Gasteiger partial charge in [-0.3, -0.25) is 0 Å². The van der Waals surface area contributed by atoms with Gasteiger partial charge in [0, 0.05) is 0 Å². The molecule has 0 saturated carbocycles. The molecule has 0 heterocycles. The zero-order valence-corrected chi connectivity index (χ0v) is 17.5. The predicted molar refractivity (Wildman–Crippen MR) is 98.7 cm³/mol. The molecule has 128 valence electrons. The summed E-state index contributed by atoms with van der Waals surface area (Å²) in [7, 11) is -3.37. The van der Waals surface area contributed by atoms with E-state index in [0.29, 0.717) is 12.6 Å². The Kier molecular flexibility index (Phi) is 7.26. The smallest absolute Gasteiger partial charge is 0.272 e. The van der Waals surface area contributed by atoms with Crippen LogP contribution in [0.4, 0.5) is 0 Å². The van der Waals surface area contributed by atoms with Crippen molar-refractivity contribution < 1.29 is 13.6 Å². The molecule has 1 aliphatic rings. The van der Waals surface area contributed by atoms with Crippen LogP contribution in [0.25, 0.3) is 0 Å². The van der Waals surface area contributed by atoms with Gasteiger partial charge >= 0.3 is 0 Å². The summed E-state index contributed by atoms with van der Waals surface area (Å²) in [6.45, 7) is 15.9. The van der Waals surface area contributed by atoms with Crippen molar-refractivity contribution in [3.05, 3.63) is 23.4 Å². The first-order chi connectivity index (χ1) is 10.1. The maximum atomic E-state index is 6.37. The van der Waals surface area contributed by atoms with Crippen LogP contribution in [0.15, 0.2) is 23.4 Å². The summed E-state index contributed by atoms with van der Waals surface area (Å²) in [4.78, 5) is 0. The van der Waals surface area contributed by atoms with Gasteiger partial charge in [0.05, 0.1) is 12.2 Å². The fraction of sp³-hybridized carbons (Fsp3) is 0.765. The van der Waals surface area contributed by atoms with Crippen molar-refractivity contribution in [1.82, 2.24) is 0 Å². The average Bonchev–Trinajstić information content (AvgIpc) is 2.29. The molecule has 22 heavy (non-hydrogen) atoms. The van der Waals surface area contributed by atoms with Gasteiger partial charge < -0.3 is 13.6 Å². The number of hydrogen-bond donors (Lipinski definition) is 0. The van der Waals surface area contributed by atoms with Crippen LogP contribution in [0.1, 0.15) is 39.0 Å². The van der Waals surface area contributed by atoms with Gasteiger partial charge in [-0.25, -0.2) is 0 Å². The number of allylic oxidation sites excluding steroid dienone is 2. The van der Waals surface area contributed by atoms with Crippen LogP contribution in [0, 0.1) is 0 Å². The largest absolute Gasteiger partial charge is 0.544 e. The summed E-state index contributed by atoms with van der Waals surface area (Å²) in [5.41, 5.74) is 1.14. The first kappa shape index (κ1) is 19.4. The molecular weight excluding hydrogens is 308 g/mol. The standard InChI is InChI=1S/C17H34O3Si2/c1-8-18-17(20-22(5,6)7)15-13-11-9-10-12-14-16(15)19-21(2,3)4/h14H,8-13H2,1-7H3/b16-14+,17-15?. The molecule has 0 spiro atoms. The highest BCUT2D eigenvalue weighted by molar-refractivity contribution is 6.70. The molecule has 0 N–H and O–H groups in total. The summed E-state index contributed by atoms with van der Waals surface area (Å²) < 4.78 is 18.5. The summed E-state index contributed by atoms with van der Waals surface area (Å²) in [6.07, 6.45) is 7.98. The predicted octanol–water partition coefficient (Wildman–Crippen LogP) is 5.79. The Morgan fingerprint density at radius 3 is 2.23 bits per heavy atom. The number of rotatable bonds is 6. The van der Waals surface area contributed by atoms with Crippen LogP contribution in [-0.2, 0) is 13.6 Å². The zero-order valence-electron chi connectivity index (χ0n) is 15.5. The molecule has 3 nitrogen and oxygen atoms in total. The minimum Gasteiger partial charge on any atom is -0.544 e. The van der Waals surface area contributed by atoms with Gasteiger partial charge in [0.15, 0.2) is 0 Å². The summed E-state index contributed by atoms with van der Waals surface area (Å²) in [6, 6.07) is 0. The maximum absolute atomic E-state index is 6.37. The van der Waals surface area contributed by atoms with Gasteiger partial charge in [0.2, 0.25) is 16.6 Å². The Bertz CT molecular complexity index is 415. The average molecular weight is 343 g/mol. The van der Waals surface area contributed by atoms with Crippen molar-refractivity contribution in [2.75, 3.05) is 6.61 Å². The number of hydrogen-bond acceptors (Lipinski definition) is 3. The van der Waals surface area contributed by atoms with E-state index in [9.17, 15) is 0 Å². The van der Waals surface area contributed by atoms with Crippen LogP contribution < -0.4 is 0 Å². The highest BCUT2D eigenvalue weighted by Gasteiger charge is 2.27. The lowest BCUT2D eigenvalue weighted by molar-refractivity contribution is 0.105. The summed E-state index contributed by atoms with van der Waals surface area (Å²) in [5, 5.41) is 0. The van der Waals surface area contributed by atoms with Gasteiger partial charge in [0.1, 0.15) is 5.76 Å². The third-order valence-electron chi connectivity index (χ3n) is 3.09. The fourth-order valence-corrected chi connectivity index (χ4v) is 3.93. The molecule has 0 fully saturated rings. The molecule has 0 aromatic heterocycles. The third-order valence-corrected chi connectivity index (χ3v) is 4.72. The molecular formula is C17H34O3Si2. The molecule has 0 unspecified atom stereocenters. The molecule has 0 saturated heterocycles. The lowest BCUT2D eigenvalue weighted by atomic mass is 10.0. The van der Waals surface area contributed by atoms with Crippen molar-refractivity contribution in [3.8, 4) is 0 Å². The Hall–Kier alpha value is -0.686. The van der Waals surface area contributed by atoms with Crippen LogP contribution in [0.3, 0.4) is 0 Å². The number of ether oxygens (including phenoxy) is 1. The Balaban J connectivity index is 3.21. The fourth-order valence-electron chi connectivity index (χ4n) is 2.33. The summed E-state index contributed by atoms with van der Waals surface area (Å²) >= 11 is 0. The molecule has 0 aliphatic heterocycles. The van der Waals surface area contributed by atoms with E-state index in [4.69, 9.17) is 13.6 Å². The molecule has 0 aromatic carbocycles. The van der Waals surface area contributed by atoms with E-state index in [1.165, 1.54) is 19.3 Å². The lowest BCUT2D eigenvalue weighted by Gasteiger charge is -2.29. The topological polar surface area (TPSA) is 27.7 Å². The Morgan fingerprint density at radius 2 is 1.68 bits per heavy atom. The summed E-state index contributed by atoms with van der Waals surface area (Å²) in [5.74, 6) is 1.73. The molecule has 0 bridgehead atoms. The molecule has 1 aliphatic carbocycles. The van der Waals surface area contributed by atoms with Gasteiger partial charge in [-0.05, 0) is 78.0 Å². The van der Waals surface area contributed by atoms with E-state index >= 15 is 0 Å². The van der Waals surface area contributed by atoms with Crippen molar-refractivity contribution in [1.29, 1.82) is 0 Å². The highest BCUT2D eigenvalue weighted by Crippen LogP contribution is 2.31. The van der Waals surface area contributed by atoms with Crippen molar-refractivity contribution >= 4 is 16.6 Å². The van der Waals surface area contributed by atoms with Crippen LogP contribution in [0.5, 0.6) is 0 Å². The first-order valence-electron chi connectivity index (χ1n) is 8.57. The Morgan fingerprint density at radius 1 is 1.00 bits per heavy atom.